The van der Waals surface area contributed by atoms with Gasteiger partial charge in [-0.25, -0.2) is 4.39 Å². The fourth-order valence-electron chi connectivity index (χ4n) is 1.41. The number of benzene rings is 1. The number of methoxy groups -OCH3 is 1. The van der Waals surface area contributed by atoms with E-state index in [2.05, 4.69) is 0 Å². The first-order valence-corrected chi connectivity index (χ1v) is 4.81. The molecule has 1 atom stereocenters. The van der Waals surface area contributed by atoms with Gasteiger partial charge in [-0.1, -0.05) is 13.0 Å². The van der Waals surface area contributed by atoms with Crippen molar-refractivity contribution in [1.82, 2.24) is 0 Å². The van der Waals surface area contributed by atoms with E-state index >= 15 is 0 Å². The molecule has 0 radical (unpaired) electrons. The van der Waals surface area contributed by atoms with Crippen LogP contribution in [0.5, 0.6) is 5.75 Å². The van der Waals surface area contributed by atoms with Gasteiger partial charge in [0.05, 0.1) is 7.11 Å². The maximum Gasteiger partial charge on any atom is 0.200 e. The number of nitrogens with two attached hydrogens (primary N) is 1. The van der Waals surface area contributed by atoms with Crippen LogP contribution in [-0.2, 0) is 6.42 Å². The van der Waals surface area contributed by atoms with Crippen LogP contribution < -0.4 is 10.5 Å². The second kappa shape index (κ2) is 5.07. The average Bonchev–Trinajstić information content (AvgIpc) is 2.24. The van der Waals surface area contributed by atoms with Gasteiger partial charge < -0.3 is 10.5 Å². The van der Waals surface area contributed by atoms with Crippen LogP contribution in [0.3, 0.4) is 0 Å². The van der Waals surface area contributed by atoms with Crippen LogP contribution in [0.25, 0.3) is 0 Å². The summed E-state index contributed by atoms with van der Waals surface area (Å²) in [6.45, 7) is 2.45. The Hall–Kier alpha value is -1.16. The summed E-state index contributed by atoms with van der Waals surface area (Å²) < 4.78 is 31.0. The first kappa shape index (κ1) is 11.9. The van der Waals surface area contributed by atoms with Crippen molar-refractivity contribution in [2.24, 2.45) is 11.7 Å². The van der Waals surface area contributed by atoms with Gasteiger partial charge >= 0.3 is 0 Å². The first-order valence-electron chi connectivity index (χ1n) is 4.81. The lowest BCUT2D eigenvalue weighted by Crippen LogP contribution is -2.14. The molecule has 0 bridgehead atoms. The van der Waals surface area contributed by atoms with E-state index in [9.17, 15) is 8.78 Å². The van der Waals surface area contributed by atoms with Crippen molar-refractivity contribution in [3.63, 3.8) is 0 Å². The topological polar surface area (TPSA) is 35.2 Å². The van der Waals surface area contributed by atoms with Gasteiger partial charge in [0.15, 0.2) is 11.6 Å². The van der Waals surface area contributed by atoms with Gasteiger partial charge in [-0.15, -0.1) is 0 Å². The molecule has 1 unspecified atom stereocenters. The van der Waals surface area contributed by atoms with Crippen LogP contribution in [-0.4, -0.2) is 13.7 Å². The smallest absolute Gasteiger partial charge is 0.200 e. The Morgan fingerprint density at radius 1 is 1.40 bits per heavy atom. The predicted octanol–water partition coefficient (Wildman–Crippen LogP) is 2.11. The van der Waals surface area contributed by atoms with E-state index in [0.29, 0.717) is 18.5 Å². The number of ether oxygens (including phenoxy) is 1. The molecule has 0 heterocycles. The molecule has 0 aromatic heterocycles. The van der Waals surface area contributed by atoms with E-state index in [-0.39, 0.29) is 11.7 Å². The second-order valence-electron chi connectivity index (χ2n) is 3.60. The summed E-state index contributed by atoms with van der Waals surface area (Å²) in [5.74, 6) is -1.63. The van der Waals surface area contributed by atoms with E-state index in [1.807, 2.05) is 6.92 Å². The van der Waals surface area contributed by atoms with E-state index < -0.39 is 11.6 Å². The van der Waals surface area contributed by atoms with E-state index in [4.69, 9.17) is 10.5 Å². The molecule has 84 valence electrons. The summed E-state index contributed by atoms with van der Waals surface area (Å²) in [5.41, 5.74) is 6.12. The Morgan fingerprint density at radius 2 is 2.07 bits per heavy atom. The minimum Gasteiger partial charge on any atom is -0.493 e. The molecule has 1 aromatic rings. The molecule has 4 heteroatoms. The van der Waals surface area contributed by atoms with Gasteiger partial charge in [-0.3, -0.25) is 0 Å². The van der Waals surface area contributed by atoms with Crippen molar-refractivity contribution in [2.75, 3.05) is 13.7 Å². The monoisotopic (exact) mass is 215 g/mol. The number of hydrogen-bond acceptors (Lipinski definition) is 2. The van der Waals surface area contributed by atoms with Gasteiger partial charge in [0.25, 0.3) is 0 Å². The molecule has 0 saturated heterocycles. The van der Waals surface area contributed by atoms with Crippen LogP contribution >= 0.6 is 0 Å². The molecular formula is C11H15F2NO. The molecule has 0 aliphatic heterocycles. The standard InChI is InChI=1S/C11H15F2NO/c1-7(6-14)5-8-3-4-9(12)10(13)11(8)15-2/h3-4,7H,5-6,14H2,1-2H3. The minimum absolute atomic E-state index is 0.0182. The Bertz CT molecular complexity index is 342. The maximum atomic E-state index is 13.3. The van der Waals surface area contributed by atoms with Crippen molar-refractivity contribution >= 4 is 0 Å². The highest BCUT2D eigenvalue weighted by molar-refractivity contribution is 5.36. The van der Waals surface area contributed by atoms with Gasteiger partial charge in [0.1, 0.15) is 0 Å². The highest BCUT2D eigenvalue weighted by Gasteiger charge is 2.15. The normalized spacial score (nSPS) is 12.6. The van der Waals surface area contributed by atoms with Crippen molar-refractivity contribution in [3.8, 4) is 5.75 Å². The van der Waals surface area contributed by atoms with Gasteiger partial charge in [0.2, 0.25) is 5.82 Å². The zero-order valence-corrected chi connectivity index (χ0v) is 8.89. The van der Waals surface area contributed by atoms with Crippen LogP contribution in [0.2, 0.25) is 0 Å². The summed E-state index contributed by atoms with van der Waals surface area (Å²) in [6, 6.07) is 2.64. The first-order chi connectivity index (χ1) is 7.10. The SMILES string of the molecule is COc1c(CC(C)CN)ccc(F)c1F. The molecule has 0 amide bonds. The predicted molar refractivity (Wildman–Crippen MR) is 54.8 cm³/mol. The zero-order valence-electron chi connectivity index (χ0n) is 8.89. The fourth-order valence-corrected chi connectivity index (χ4v) is 1.41. The second-order valence-corrected chi connectivity index (χ2v) is 3.60. The average molecular weight is 215 g/mol. The quantitative estimate of drug-likeness (QED) is 0.834. The van der Waals surface area contributed by atoms with E-state index in [0.717, 1.165) is 6.07 Å². The maximum absolute atomic E-state index is 13.3. The van der Waals surface area contributed by atoms with Crippen LogP contribution in [0.4, 0.5) is 8.78 Å². The molecule has 0 aliphatic carbocycles. The van der Waals surface area contributed by atoms with Gasteiger partial charge in [-0.05, 0) is 30.5 Å². The third-order valence-electron chi connectivity index (χ3n) is 2.31. The summed E-state index contributed by atoms with van der Waals surface area (Å²) >= 11 is 0. The van der Waals surface area contributed by atoms with E-state index in [1.54, 1.807) is 0 Å². The molecule has 1 rings (SSSR count). The highest BCUT2D eigenvalue weighted by Crippen LogP contribution is 2.26. The van der Waals surface area contributed by atoms with Crippen LogP contribution in [0, 0.1) is 17.6 Å². The Balaban J connectivity index is 3.02. The third kappa shape index (κ3) is 2.65. The van der Waals surface area contributed by atoms with Crippen molar-refractivity contribution in [3.05, 3.63) is 29.3 Å². The lowest BCUT2D eigenvalue weighted by atomic mass is 10.0. The van der Waals surface area contributed by atoms with Crippen molar-refractivity contribution in [2.45, 2.75) is 13.3 Å². The molecule has 0 fully saturated rings. The largest absolute Gasteiger partial charge is 0.493 e. The van der Waals surface area contributed by atoms with E-state index in [1.165, 1.54) is 13.2 Å². The van der Waals surface area contributed by atoms with Crippen molar-refractivity contribution in [1.29, 1.82) is 0 Å². The van der Waals surface area contributed by atoms with Gasteiger partial charge in [-0.2, -0.15) is 4.39 Å². The zero-order chi connectivity index (χ0) is 11.4. The van der Waals surface area contributed by atoms with Crippen LogP contribution in [0.1, 0.15) is 12.5 Å². The van der Waals surface area contributed by atoms with Gasteiger partial charge in [0, 0.05) is 0 Å². The fraction of sp³-hybridized carbons (Fsp3) is 0.455. The van der Waals surface area contributed by atoms with Crippen LogP contribution in [0.15, 0.2) is 12.1 Å². The Kier molecular flexibility index (Phi) is 4.03. The number of halogens is 2. The Morgan fingerprint density at radius 3 is 2.60 bits per heavy atom. The summed E-state index contributed by atoms with van der Waals surface area (Å²) in [5, 5.41) is 0. The molecule has 1 aromatic carbocycles. The molecule has 0 spiro atoms. The summed E-state index contributed by atoms with van der Waals surface area (Å²) in [6.07, 6.45) is 0.580. The number of hydrogen-bond donors (Lipinski definition) is 1. The molecular weight excluding hydrogens is 200 g/mol. The minimum atomic E-state index is -0.931. The lowest BCUT2D eigenvalue weighted by Gasteiger charge is -2.13. The molecule has 15 heavy (non-hydrogen) atoms. The molecule has 0 saturated carbocycles. The number of rotatable bonds is 4. The molecule has 2 nitrogen and oxygen atoms in total. The summed E-state index contributed by atoms with van der Waals surface area (Å²) in [7, 11) is 1.33. The summed E-state index contributed by atoms with van der Waals surface area (Å²) in [4.78, 5) is 0. The Labute approximate surface area is 88.0 Å². The highest BCUT2D eigenvalue weighted by atomic mass is 19.2. The third-order valence-corrected chi connectivity index (χ3v) is 2.31. The molecule has 2 N–H and O–H groups in total. The molecule has 0 aliphatic rings. The van der Waals surface area contributed by atoms with Crippen molar-refractivity contribution < 1.29 is 13.5 Å². The lowest BCUT2D eigenvalue weighted by molar-refractivity contribution is 0.364.